The SMILES string of the molecule is Cc1c(Cl)cccc1N(CC(=O)N(Cc1ccc(Cl)cc1)[C@H](C)C(=O)NCC(C)C)S(=O)(=O)c1ccccc1. The van der Waals surface area contributed by atoms with E-state index in [1.807, 2.05) is 13.8 Å². The van der Waals surface area contributed by atoms with E-state index in [9.17, 15) is 18.0 Å². The second-order valence-corrected chi connectivity index (χ2v) is 12.4. The lowest BCUT2D eigenvalue weighted by Gasteiger charge is -2.32. The molecule has 0 aromatic heterocycles. The molecular formula is C29H33Cl2N3O4S. The summed E-state index contributed by atoms with van der Waals surface area (Å²) in [4.78, 5) is 28.4. The molecule has 7 nitrogen and oxygen atoms in total. The Morgan fingerprint density at radius 1 is 0.897 bits per heavy atom. The third-order valence-electron chi connectivity index (χ3n) is 6.24. The summed E-state index contributed by atoms with van der Waals surface area (Å²) >= 11 is 12.4. The van der Waals surface area contributed by atoms with Crippen molar-refractivity contribution < 1.29 is 18.0 Å². The molecule has 0 unspecified atom stereocenters. The largest absolute Gasteiger partial charge is 0.354 e. The summed E-state index contributed by atoms with van der Waals surface area (Å²) in [7, 11) is -4.16. The number of carbonyl (C=O) groups excluding carboxylic acids is 2. The zero-order valence-electron chi connectivity index (χ0n) is 22.4. The third-order valence-corrected chi connectivity index (χ3v) is 8.67. The molecule has 10 heteroatoms. The number of nitrogens with zero attached hydrogens (tertiary/aromatic N) is 2. The Balaban J connectivity index is 2.04. The Kier molecular flexibility index (Phi) is 10.4. The summed E-state index contributed by atoms with van der Waals surface area (Å²) in [5.41, 5.74) is 1.54. The molecule has 0 heterocycles. The summed E-state index contributed by atoms with van der Waals surface area (Å²) in [5.74, 6) is -0.655. The van der Waals surface area contributed by atoms with Crippen LogP contribution in [-0.2, 0) is 26.2 Å². The molecule has 0 bridgehead atoms. The molecule has 0 aliphatic rings. The third kappa shape index (κ3) is 7.75. The Hall–Kier alpha value is -3.07. The average Bonchev–Trinajstić information content (AvgIpc) is 2.91. The molecule has 0 saturated heterocycles. The van der Waals surface area contributed by atoms with E-state index in [1.165, 1.54) is 17.0 Å². The second kappa shape index (κ2) is 13.3. The van der Waals surface area contributed by atoms with Crippen molar-refractivity contribution in [1.82, 2.24) is 10.2 Å². The van der Waals surface area contributed by atoms with E-state index in [0.29, 0.717) is 22.2 Å². The van der Waals surface area contributed by atoms with Crippen LogP contribution in [0.5, 0.6) is 0 Å². The maximum atomic E-state index is 13.9. The van der Waals surface area contributed by atoms with E-state index >= 15 is 0 Å². The van der Waals surface area contributed by atoms with Crippen LogP contribution in [0, 0.1) is 12.8 Å². The first-order valence-corrected chi connectivity index (χ1v) is 14.8. The van der Waals surface area contributed by atoms with Gasteiger partial charge in [-0.3, -0.25) is 13.9 Å². The Morgan fingerprint density at radius 2 is 1.54 bits per heavy atom. The monoisotopic (exact) mass is 589 g/mol. The van der Waals surface area contributed by atoms with E-state index in [1.54, 1.807) is 74.5 Å². The summed E-state index contributed by atoms with van der Waals surface area (Å²) in [6.07, 6.45) is 0. The van der Waals surface area contributed by atoms with Crippen LogP contribution in [0.25, 0.3) is 0 Å². The van der Waals surface area contributed by atoms with Crippen molar-refractivity contribution in [3.8, 4) is 0 Å². The first-order valence-electron chi connectivity index (χ1n) is 12.6. The van der Waals surface area contributed by atoms with Crippen LogP contribution in [0.3, 0.4) is 0 Å². The van der Waals surface area contributed by atoms with Gasteiger partial charge in [-0.15, -0.1) is 0 Å². The molecule has 208 valence electrons. The highest BCUT2D eigenvalue weighted by Gasteiger charge is 2.33. The van der Waals surface area contributed by atoms with Crippen LogP contribution in [0.15, 0.2) is 77.7 Å². The Labute approximate surface area is 240 Å². The molecule has 39 heavy (non-hydrogen) atoms. The number of amides is 2. The molecule has 3 rings (SSSR count). The molecule has 3 aromatic rings. The minimum absolute atomic E-state index is 0.0316. The molecule has 2 amide bonds. The molecule has 0 aliphatic heterocycles. The Bertz CT molecular complexity index is 1400. The van der Waals surface area contributed by atoms with Crippen molar-refractivity contribution in [1.29, 1.82) is 0 Å². The molecule has 0 aliphatic carbocycles. The summed E-state index contributed by atoms with van der Waals surface area (Å²) in [6.45, 7) is 7.27. The van der Waals surface area contributed by atoms with Crippen molar-refractivity contribution in [3.05, 3.63) is 94.0 Å². The zero-order valence-corrected chi connectivity index (χ0v) is 24.7. The fourth-order valence-electron chi connectivity index (χ4n) is 3.92. The molecule has 1 atom stereocenters. The van der Waals surface area contributed by atoms with Crippen LogP contribution in [0.2, 0.25) is 10.0 Å². The maximum absolute atomic E-state index is 13.9. The van der Waals surface area contributed by atoms with Gasteiger partial charge in [0.1, 0.15) is 12.6 Å². The van der Waals surface area contributed by atoms with Gasteiger partial charge in [-0.25, -0.2) is 8.42 Å². The summed E-state index contributed by atoms with van der Waals surface area (Å²) in [5, 5.41) is 3.77. The predicted molar refractivity (Wildman–Crippen MR) is 156 cm³/mol. The fourth-order valence-corrected chi connectivity index (χ4v) is 5.71. The van der Waals surface area contributed by atoms with Crippen LogP contribution in [0.1, 0.15) is 31.9 Å². The molecule has 0 fully saturated rings. The van der Waals surface area contributed by atoms with Gasteiger partial charge in [-0.05, 0) is 67.3 Å². The number of rotatable bonds is 11. The minimum Gasteiger partial charge on any atom is -0.354 e. The zero-order chi connectivity index (χ0) is 28.7. The molecular weight excluding hydrogens is 557 g/mol. The highest BCUT2D eigenvalue weighted by Crippen LogP contribution is 2.31. The van der Waals surface area contributed by atoms with Gasteiger partial charge < -0.3 is 10.2 Å². The fraction of sp³-hybridized carbons (Fsp3) is 0.310. The number of halogens is 2. The second-order valence-electron chi connectivity index (χ2n) is 9.67. The average molecular weight is 591 g/mol. The lowest BCUT2D eigenvalue weighted by atomic mass is 10.1. The summed E-state index contributed by atoms with van der Waals surface area (Å²) in [6, 6.07) is 18.9. The normalized spacial score (nSPS) is 12.2. The van der Waals surface area contributed by atoms with Crippen molar-refractivity contribution in [3.63, 3.8) is 0 Å². The van der Waals surface area contributed by atoms with Gasteiger partial charge >= 0.3 is 0 Å². The predicted octanol–water partition coefficient (Wildman–Crippen LogP) is 5.69. The number of nitrogens with one attached hydrogen (secondary N) is 1. The van der Waals surface area contributed by atoms with Gasteiger partial charge in [-0.2, -0.15) is 0 Å². The van der Waals surface area contributed by atoms with E-state index in [-0.39, 0.29) is 29.0 Å². The Morgan fingerprint density at radius 3 is 2.15 bits per heavy atom. The lowest BCUT2D eigenvalue weighted by molar-refractivity contribution is -0.139. The van der Waals surface area contributed by atoms with Gasteiger partial charge in [0, 0.05) is 23.1 Å². The van der Waals surface area contributed by atoms with Gasteiger partial charge in [0.15, 0.2) is 0 Å². The van der Waals surface area contributed by atoms with Crippen LogP contribution < -0.4 is 9.62 Å². The molecule has 0 saturated carbocycles. The van der Waals surface area contributed by atoms with Crippen molar-refractivity contribution in [2.75, 3.05) is 17.4 Å². The van der Waals surface area contributed by atoms with Gasteiger partial charge in [0.25, 0.3) is 10.0 Å². The number of anilines is 1. The van der Waals surface area contributed by atoms with Crippen LogP contribution in [-0.4, -0.2) is 44.3 Å². The molecule has 0 spiro atoms. The van der Waals surface area contributed by atoms with Crippen LogP contribution in [0.4, 0.5) is 5.69 Å². The lowest BCUT2D eigenvalue weighted by Crippen LogP contribution is -2.51. The van der Waals surface area contributed by atoms with Crippen molar-refractivity contribution in [2.24, 2.45) is 5.92 Å². The number of hydrogen-bond donors (Lipinski definition) is 1. The quantitative estimate of drug-likeness (QED) is 0.311. The number of carbonyl (C=O) groups is 2. The highest BCUT2D eigenvalue weighted by atomic mass is 35.5. The topological polar surface area (TPSA) is 86.8 Å². The number of sulfonamides is 1. The first kappa shape index (κ1) is 30.5. The van der Waals surface area contributed by atoms with Gasteiger partial charge in [0.05, 0.1) is 10.6 Å². The van der Waals surface area contributed by atoms with E-state index in [0.717, 1.165) is 9.87 Å². The van der Waals surface area contributed by atoms with Gasteiger partial charge in [-0.1, -0.05) is 73.4 Å². The molecule has 3 aromatic carbocycles. The molecule has 1 N–H and O–H groups in total. The minimum atomic E-state index is -4.16. The summed E-state index contributed by atoms with van der Waals surface area (Å²) < 4.78 is 28.8. The van der Waals surface area contributed by atoms with E-state index in [4.69, 9.17) is 23.2 Å². The standard InChI is InChI=1S/C29H33Cl2N3O4S/c1-20(2)17-32-29(36)22(4)33(18-23-13-15-24(30)16-14-23)28(35)19-34(27-12-8-11-26(31)21(27)3)39(37,38)25-9-6-5-7-10-25/h5-16,20,22H,17-19H2,1-4H3,(H,32,36)/t22-/m1/s1. The van der Waals surface area contributed by atoms with Crippen molar-refractivity contribution in [2.45, 2.75) is 45.2 Å². The van der Waals surface area contributed by atoms with E-state index < -0.39 is 28.5 Å². The van der Waals surface area contributed by atoms with Crippen LogP contribution >= 0.6 is 23.2 Å². The highest BCUT2D eigenvalue weighted by molar-refractivity contribution is 7.92. The number of hydrogen-bond acceptors (Lipinski definition) is 4. The number of benzene rings is 3. The van der Waals surface area contributed by atoms with Gasteiger partial charge in [0.2, 0.25) is 11.8 Å². The first-order chi connectivity index (χ1) is 18.4. The molecule has 0 radical (unpaired) electrons. The van der Waals surface area contributed by atoms with Crippen molar-refractivity contribution >= 4 is 50.7 Å². The maximum Gasteiger partial charge on any atom is 0.264 e. The van der Waals surface area contributed by atoms with E-state index in [2.05, 4.69) is 5.32 Å². The smallest absolute Gasteiger partial charge is 0.264 e.